The summed E-state index contributed by atoms with van der Waals surface area (Å²) >= 11 is 0. The monoisotopic (exact) mass is 250 g/mol. The average molecular weight is 250 g/mol. The number of hydrogen-bond donors (Lipinski definition) is 1. The number of rotatable bonds is 10. The number of aliphatic hydroxyl groups is 1. The topological polar surface area (TPSA) is 29.5 Å². The van der Waals surface area contributed by atoms with Gasteiger partial charge in [0.05, 0.1) is 7.11 Å². The second kappa shape index (κ2) is 9.95. The van der Waals surface area contributed by atoms with E-state index in [1.807, 2.05) is 12.1 Å². The Morgan fingerprint density at radius 2 is 1.39 bits per heavy atom. The van der Waals surface area contributed by atoms with Crippen LogP contribution in [0.15, 0.2) is 24.3 Å². The van der Waals surface area contributed by atoms with Gasteiger partial charge in [-0.2, -0.15) is 0 Å². The highest BCUT2D eigenvalue weighted by molar-refractivity contribution is 5.27. The lowest BCUT2D eigenvalue weighted by molar-refractivity contribution is 0.282. The predicted molar refractivity (Wildman–Crippen MR) is 76.1 cm³/mol. The molecule has 2 heteroatoms. The van der Waals surface area contributed by atoms with Gasteiger partial charge in [0, 0.05) is 6.61 Å². The van der Waals surface area contributed by atoms with E-state index in [4.69, 9.17) is 9.84 Å². The third kappa shape index (κ3) is 6.65. The van der Waals surface area contributed by atoms with Crippen LogP contribution >= 0.6 is 0 Å². The van der Waals surface area contributed by atoms with Gasteiger partial charge in [-0.05, 0) is 37.0 Å². The lowest BCUT2D eigenvalue weighted by Gasteiger charge is -2.04. The van der Waals surface area contributed by atoms with Crippen LogP contribution in [0.25, 0.3) is 0 Å². The molecule has 0 bridgehead atoms. The van der Waals surface area contributed by atoms with Crippen molar-refractivity contribution in [3.8, 4) is 5.75 Å². The number of aliphatic hydroxyl groups excluding tert-OH is 1. The second-order valence-corrected chi connectivity index (χ2v) is 4.80. The van der Waals surface area contributed by atoms with E-state index in [9.17, 15) is 0 Å². The first-order valence-corrected chi connectivity index (χ1v) is 7.10. The van der Waals surface area contributed by atoms with Gasteiger partial charge in [0.25, 0.3) is 0 Å². The number of benzene rings is 1. The molecule has 1 aromatic rings. The maximum absolute atomic E-state index is 8.66. The third-order valence-corrected chi connectivity index (χ3v) is 3.28. The van der Waals surface area contributed by atoms with Crippen LogP contribution in [0.2, 0.25) is 0 Å². The minimum atomic E-state index is 0.345. The molecule has 0 amide bonds. The van der Waals surface area contributed by atoms with Crippen molar-refractivity contribution in [3.63, 3.8) is 0 Å². The number of unbranched alkanes of at least 4 members (excludes halogenated alkanes) is 6. The van der Waals surface area contributed by atoms with Crippen molar-refractivity contribution in [2.75, 3.05) is 13.7 Å². The smallest absolute Gasteiger partial charge is 0.118 e. The van der Waals surface area contributed by atoms with Crippen LogP contribution in [0.5, 0.6) is 5.75 Å². The van der Waals surface area contributed by atoms with E-state index in [-0.39, 0.29) is 0 Å². The van der Waals surface area contributed by atoms with Crippen LogP contribution in [0.3, 0.4) is 0 Å². The van der Waals surface area contributed by atoms with Gasteiger partial charge >= 0.3 is 0 Å². The zero-order valence-electron chi connectivity index (χ0n) is 11.5. The molecule has 0 aliphatic rings. The van der Waals surface area contributed by atoms with E-state index >= 15 is 0 Å². The Morgan fingerprint density at radius 1 is 0.833 bits per heavy atom. The van der Waals surface area contributed by atoms with E-state index in [1.165, 1.54) is 50.5 Å². The van der Waals surface area contributed by atoms with E-state index in [1.54, 1.807) is 7.11 Å². The molecule has 0 fully saturated rings. The minimum absolute atomic E-state index is 0.345. The predicted octanol–water partition coefficient (Wildman–Crippen LogP) is 3.96. The molecule has 0 radical (unpaired) electrons. The highest BCUT2D eigenvalue weighted by Crippen LogP contribution is 2.14. The molecule has 102 valence electrons. The summed E-state index contributed by atoms with van der Waals surface area (Å²) in [5, 5.41) is 8.66. The van der Waals surface area contributed by atoms with E-state index < -0.39 is 0 Å². The molecule has 1 rings (SSSR count). The number of methoxy groups -OCH3 is 1. The molecule has 0 saturated carbocycles. The number of ether oxygens (including phenoxy) is 1. The van der Waals surface area contributed by atoms with Crippen molar-refractivity contribution >= 4 is 0 Å². The maximum Gasteiger partial charge on any atom is 0.118 e. The Morgan fingerprint density at radius 3 is 1.94 bits per heavy atom. The zero-order valence-corrected chi connectivity index (χ0v) is 11.5. The van der Waals surface area contributed by atoms with Gasteiger partial charge in [0.2, 0.25) is 0 Å². The molecule has 0 aromatic heterocycles. The summed E-state index contributed by atoms with van der Waals surface area (Å²) in [6.45, 7) is 0.345. The van der Waals surface area contributed by atoms with Gasteiger partial charge in [-0.1, -0.05) is 44.2 Å². The molecular formula is C16H26O2. The molecule has 1 N–H and O–H groups in total. The summed E-state index contributed by atoms with van der Waals surface area (Å²) in [6.07, 6.45) is 9.78. The second-order valence-electron chi connectivity index (χ2n) is 4.80. The van der Waals surface area contributed by atoms with Crippen LogP contribution in [0, 0.1) is 0 Å². The van der Waals surface area contributed by atoms with Crippen molar-refractivity contribution in [1.29, 1.82) is 0 Å². The summed E-state index contributed by atoms with van der Waals surface area (Å²) in [4.78, 5) is 0. The Kier molecular flexibility index (Phi) is 8.32. The molecule has 0 aliphatic carbocycles. The Labute approximate surface area is 111 Å². The number of aryl methyl sites for hydroxylation is 1. The third-order valence-electron chi connectivity index (χ3n) is 3.28. The molecule has 0 heterocycles. The fourth-order valence-electron chi connectivity index (χ4n) is 2.12. The molecule has 0 atom stereocenters. The van der Waals surface area contributed by atoms with Crippen LogP contribution in [0.4, 0.5) is 0 Å². The Balaban J connectivity index is 2.00. The minimum Gasteiger partial charge on any atom is -0.497 e. The summed E-state index contributed by atoms with van der Waals surface area (Å²) in [7, 11) is 1.70. The summed E-state index contributed by atoms with van der Waals surface area (Å²) < 4.78 is 5.14. The van der Waals surface area contributed by atoms with E-state index in [0.29, 0.717) is 6.61 Å². The van der Waals surface area contributed by atoms with Crippen LogP contribution < -0.4 is 4.74 Å². The molecule has 0 saturated heterocycles. The lowest BCUT2D eigenvalue weighted by atomic mass is 10.0. The van der Waals surface area contributed by atoms with Crippen molar-refractivity contribution in [1.82, 2.24) is 0 Å². The standard InChI is InChI=1S/C16H26O2/c1-18-16-12-10-15(11-13-16)9-7-5-3-2-4-6-8-14-17/h10-13,17H,2-9,14H2,1H3. The van der Waals surface area contributed by atoms with Crippen LogP contribution in [-0.4, -0.2) is 18.8 Å². The van der Waals surface area contributed by atoms with Crippen molar-refractivity contribution in [3.05, 3.63) is 29.8 Å². The quantitative estimate of drug-likeness (QED) is 0.637. The van der Waals surface area contributed by atoms with Gasteiger partial charge in [-0.25, -0.2) is 0 Å². The van der Waals surface area contributed by atoms with E-state index in [0.717, 1.165) is 12.2 Å². The molecule has 0 unspecified atom stereocenters. The summed E-state index contributed by atoms with van der Waals surface area (Å²) in [6, 6.07) is 8.37. The van der Waals surface area contributed by atoms with Gasteiger partial charge in [-0.15, -0.1) is 0 Å². The first kappa shape index (κ1) is 15.0. The molecule has 0 aliphatic heterocycles. The fraction of sp³-hybridized carbons (Fsp3) is 0.625. The highest BCUT2D eigenvalue weighted by atomic mass is 16.5. The Hall–Kier alpha value is -1.02. The normalized spacial score (nSPS) is 10.6. The van der Waals surface area contributed by atoms with Crippen LogP contribution in [0.1, 0.15) is 50.5 Å². The lowest BCUT2D eigenvalue weighted by Crippen LogP contribution is -1.88. The molecule has 2 nitrogen and oxygen atoms in total. The fourth-order valence-corrected chi connectivity index (χ4v) is 2.12. The Bertz CT molecular complexity index is 292. The highest BCUT2D eigenvalue weighted by Gasteiger charge is 1.95. The first-order valence-electron chi connectivity index (χ1n) is 7.10. The van der Waals surface area contributed by atoms with Gasteiger partial charge in [0.1, 0.15) is 5.75 Å². The molecular weight excluding hydrogens is 224 g/mol. The summed E-state index contributed by atoms with van der Waals surface area (Å²) in [5.74, 6) is 0.933. The average Bonchev–Trinajstić information content (AvgIpc) is 2.42. The first-order chi connectivity index (χ1) is 8.86. The largest absolute Gasteiger partial charge is 0.497 e. The maximum atomic E-state index is 8.66. The van der Waals surface area contributed by atoms with Crippen molar-refractivity contribution in [2.24, 2.45) is 0 Å². The van der Waals surface area contributed by atoms with Gasteiger partial charge < -0.3 is 9.84 Å². The van der Waals surface area contributed by atoms with Gasteiger partial charge in [0.15, 0.2) is 0 Å². The zero-order chi connectivity index (χ0) is 13.1. The van der Waals surface area contributed by atoms with Crippen molar-refractivity contribution in [2.45, 2.75) is 51.4 Å². The molecule has 1 aromatic carbocycles. The van der Waals surface area contributed by atoms with Crippen LogP contribution in [-0.2, 0) is 6.42 Å². The summed E-state index contributed by atoms with van der Waals surface area (Å²) in [5.41, 5.74) is 1.40. The van der Waals surface area contributed by atoms with Crippen molar-refractivity contribution < 1.29 is 9.84 Å². The van der Waals surface area contributed by atoms with E-state index in [2.05, 4.69) is 12.1 Å². The SMILES string of the molecule is COc1ccc(CCCCCCCCCO)cc1. The van der Waals surface area contributed by atoms with Gasteiger partial charge in [-0.3, -0.25) is 0 Å². The molecule has 0 spiro atoms. The molecule has 18 heavy (non-hydrogen) atoms. The number of hydrogen-bond acceptors (Lipinski definition) is 2.